The van der Waals surface area contributed by atoms with Crippen LogP contribution in [0.2, 0.25) is 0 Å². The third-order valence-corrected chi connectivity index (χ3v) is 6.17. The molecule has 3 aliphatic rings. The van der Waals surface area contributed by atoms with Gasteiger partial charge in [0.1, 0.15) is 5.75 Å². The Bertz CT molecular complexity index is 719. The van der Waals surface area contributed by atoms with E-state index in [1.54, 1.807) is 12.1 Å². The van der Waals surface area contributed by atoms with E-state index in [0.717, 1.165) is 10.4 Å². The molecule has 4 nitrogen and oxygen atoms in total. The van der Waals surface area contributed by atoms with Crippen molar-refractivity contribution in [2.24, 2.45) is 21.8 Å². The molecule has 5 heteroatoms. The van der Waals surface area contributed by atoms with E-state index >= 15 is 0 Å². The molecule has 2 heterocycles. The fourth-order valence-electron chi connectivity index (χ4n) is 4.55. The minimum Gasteiger partial charge on any atom is -0.508 e. The molecule has 0 bridgehead atoms. The Morgan fingerprint density at radius 2 is 1.84 bits per heavy atom. The molecule has 25 heavy (non-hydrogen) atoms. The highest BCUT2D eigenvalue weighted by Crippen LogP contribution is 2.43. The van der Waals surface area contributed by atoms with Gasteiger partial charge in [0.15, 0.2) is 0 Å². The first kappa shape index (κ1) is 16.8. The van der Waals surface area contributed by atoms with E-state index in [1.807, 2.05) is 18.3 Å². The largest absolute Gasteiger partial charge is 0.508 e. The number of halogens is 1. The van der Waals surface area contributed by atoms with Crippen LogP contribution in [0.1, 0.15) is 50.6 Å². The molecule has 0 radical (unpaired) electrons. The summed E-state index contributed by atoms with van der Waals surface area (Å²) < 4.78 is 0.957. The summed E-state index contributed by atoms with van der Waals surface area (Å²) in [5.74, 6) is 2.16. The number of benzene rings is 1. The smallest absolute Gasteiger partial charge is 0.225 e. The first-order chi connectivity index (χ1) is 12.1. The predicted octanol–water partition coefficient (Wildman–Crippen LogP) is 5.01. The molecule has 0 amide bonds. The number of hydrogen-bond acceptors (Lipinski definition) is 4. The second-order valence-electron chi connectivity index (χ2n) is 7.39. The van der Waals surface area contributed by atoms with Gasteiger partial charge in [0, 0.05) is 18.3 Å². The van der Waals surface area contributed by atoms with E-state index in [9.17, 15) is 5.11 Å². The molecule has 1 aromatic carbocycles. The van der Waals surface area contributed by atoms with E-state index in [2.05, 4.69) is 38.9 Å². The number of hydrogen-bond donors (Lipinski definition) is 1. The quantitative estimate of drug-likeness (QED) is 0.756. The molecular weight excluding hydrogens is 378 g/mol. The van der Waals surface area contributed by atoms with Crippen LogP contribution in [0.25, 0.3) is 0 Å². The van der Waals surface area contributed by atoms with Gasteiger partial charge >= 0.3 is 0 Å². The number of phenols is 1. The van der Waals surface area contributed by atoms with Crippen LogP contribution in [0, 0.1) is 11.8 Å². The maximum atomic E-state index is 9.67. The van der Waals surface area contributed by atoms with Gasteiger partial charge in [-0.2, -0.15) is 0 Å². The molecule has 132 valence electrons. The maximum absolute atomic E-state index is 9.67. The van der Waals surface area contributed by atoms with E-state index in [-0.39, 0.29) is 6.04 Å². The fraction of sp³-hybridized carbons (Fsp3) is 0.500. The van der Waals surface area contributed by atoms with Crippen molar-refractivity contribution in [1.82, 2.24) is 4.90 Å². The summed E-state index contributed by atoms with van der Waals surface area (Å²) in [5, 5.41) is 9.67. The van der Waals surface area contributed by atoms with E-state index in [1.165, 1.54) is 37.7 Å². The zero-order valence-electron chi connectivity index (χ0n) is 14.5. The highest BCUT2D eigenvalue weighted by Gasteiger charge is 2.41. The van der Waals surface area contributed by atoms with Crippen LogP contribution >= 0.6 is 15.9 Å². The highest BCUT2D eigenvalue weighted by molar-refractivity contribution is 9.12. The molecule has 1 N–H and O–H groups in total. The second-order valence-corrected chi connectivity index (χ2v) is 8.31. The number of nitrogens with zero attached hydrogens (tertiary/aromatic N) is 3. The minimum atomic E-state index is 0.185. The summed E-state index contributed by atoms with van der Waals surface area (Å²) in [5.41, 5.74) is 1.20. The summed E-state index contributed by atoms with van der Waals surface area (Å²) in [6, 6.07) is 8.09. The number of rotatable bonds is 2. The van der Waals surface area contributed by atoms with Crippen molar-refractivity contribution in [1.29, 1.82) is 0 Å². The molecule has 4 rings (SSSR count). The Balaban J connectivity index is 1.74. The SMILES string of the molecule is CC1C(C2CCCCC2)N=C2N=CC(Br)=CN2C1c1ccc(O)cc1. The van der Waals surface area contributed by atoms with E-state index in [4.69, 9.17) is 4.99 Å². The predicted molar refractivity (Wildman–Crippen MR) is 105 cm³/mol. The van der Waals surface area contributed by atoms with Gasteiger partial charge in [-0.1, -0.05) is 38.3 Å². The lowest BCUT2D eigenvalue weighted by Crippen LogP contribution is -2.46. The van der Waals surface area contributed by atoms with E-state index in [0.29, 0.717) is 23.6 Å². The van der Waals surface area contributed by atoms with E-state index < -0.39 is 0 Å². The third-order valence-electron chi connectivity index (χ3n) is 5.77. The fourth-order valence-corrected chi connectivity index (χ4v) is 4.87. The topological polar surface area (TPSA) is 48.2 Å². The average Bonchev–Trinajstić information content (AvgIpc) is 2.63. The minimum absolute atomic E-state index is 0.185. The van der Waals surface area contributed by atoms with Gasteiger partial charge in [0.25, 0.3) is 0 Å². The Morgan fingerprint density at radius 1 is 1.12 bits per heavy atom. The number of aliphatic imine (C=N–C) groups is 2. The molecule has 0 spiro atoms. The molecule has 1 saturated carbocycles. The number of fused-ring (bicyclic) bond motifs is 1. The summed E-state index contributed by atoms with van der Waals surface area (Å²) >= 11 is 3.55. The standard InChI is InChI=1S/C20H24BrN3O/c1-13-18(14-5-3-2-4-6-14)23-20-22-11-16(21)12-24(20)19(13)15-7-9-17(25)10-8-15/h7-14,18-19,25H,2-6H2,1H3. The van der Waals surface area contributed by atoms with Crippen molar-refractivity contribution >= 4 is 28.1 Å². The molecule has 2 aliphatic heterocycles. The normalized spacial score (nSPS) is 29.8. The lowest BCUT2D eigenvalue weighted by atomic mass is 9.75. The van der Waals surface area contributed by atoms with Gasteiger partial charge in [-0.25, -0.2) is 9.98 Å². The van der Waals surface area contributed by atoms with Gasteiger partial charge in [-0.3, -0.25) is 0 Å². The number of allylic oxidation sites excluding steroid dienone is 1. The average molecular weight is 402 g/mol. The molecule has 1 aliphatic carbocycles. The van der Waals surface area contributed by atoms with Crippen molar-refractivity contribution < 1.29 is 5.11 Å². The molecule has 0 saturated heterocycles. The summed E-state index contributed by atoms with van der Waals surface area (Å²) in [6.07, 6.45) is 10.5. The van der Waals surface area contributed by atoms with Crippen LogP contribution in [-0.4, -0.2) is 28.2 Å². The third kappa shape index (κ3) is 3.26. The van der Waals surface area contributed by atoms with Gasteiger partial charge in [-0.05, 0) is 52.4 Å². The van der Waals surface area contributed by atoms with Crippen molar-refractivity contribution in [3.05, 3.63) is 40.5 Å². The van der Waals surface area contributed by atoms with Crippen molar-refractivity contribution in [2.75, 3.05) is 0 Å². The number of phenolic OH excluding ortho intramolecular Hbond substituents is 1. The lowest BCUT2D eigenvalue weighted by molar-refractivity contribution is 0.170. The second kappa shape index (κ2) is 6.94. The summed E-state index contributed by atoms with van der Waals surface area (Å²) in [6.45, 7) is 2.32. The Hall–Kier alpha value is -1.62. The molecule has 3 unspecified atom stereocenters. The first-order valence-electron chi connectivity index (χ1n) is 9.20. The Kier molecular flexibility index (Phi) is 4.67. The van der Waals surface area contributed by atoms with Crippen molar-refractivity contribution in [3.63, 3.8) is 0 Å². The van der Waals surface area contributed by atoms with Crippen molar-refractivity contribution in [2.45, 2.75) is 51.1 Å². The monoisotopic (exact) mass is 401 g/mol. The highest BCUT2D eigenvalue weighted by atomic mass is 79.9. The van der Waals surface area contributed by atoms with Gasteiger partial charge in [0.2, 0.25) is 5.96 Å². The summed E-state index contributed by atoms with van der Waals surface area (Å²) in [4.78, 5) is 11.8. The van der Waals surface area contributed by atoms with Crippen LogP contribution in [-0.2, 0) is 0 Å². The maximum Gasteiger partial charge on any atom is 0.225 e. The zero-order chi connectivity index (χ0) is 17.4. The van der Waals surface area contributed by atoms with Gasteiger partial charge in [0.05, 0.1) is 16.6 Å². The van der Waals surface area contributed by atoms with Crippen LogP contribution in [0.4, 0.5) is 0 Å². The zero-order valence-corrected chi connectivity index (χ0v) is 16.1. The first-order valence-corrected chi connectivity index (χ1v) is 9.99. The molecule has 0 aromatic heterocycles. The van der Waals surface area contributed by atoms with Crippen molar-refractivity contribution in [3.8, 4) is 5.75 Å². The number of guanidine groups is 1. The molecule has 1 fully saturated rings. The van der Waals surface area contributed by atoms with Gasteiger partial charge in [-0.15, -0.1) is 0 Å². The van der Waals surface area contributed by atoms with Crippen LogP contribution in [0.3, 0.4) is 0 Å². The Morgan fingerprint density at radius 3 is 2.56 bits per heavy atom. The van der Waals surface area contributed by atoms with Gasteiger partial charge < -0.3 is 10.0 Å². The Labute approximate surface area is 157 Å². The van der Waals surface area contributed by atoms with Crippen LogP contribution < -0.4 is 0 Å². The lowest BCUT2D eigenvalue weighted by Gasteiger charge is -2.45. The molecular formula is C20H24BrN3O. The molecule has 1 aromatic rings. The number of aromatic hydroxyl groups is 1. The summed E-state index contributed by atoms with van der Waals surface area (Å²) in [7, 11) is 0. The molecule has 3 atom stereocenters. The van der Waals surface area contributed by atoms with Crippen LogP contribution in [0.15, 0.2) is 44.9 Å². The van der Waals surface area contributed by atoms with Crippen LogP contribution in [0.5, 0.6) is 5.75 Å².